The number of guanidine groups is 1. The topological polar surface area (TPSA) is 96.2 Å². The van der Waals surface area contributed by atoms with Crippen molar-refractivity contribution in [2.45, 2.75) is 0 Å². The van der Waals surface area contributed by atoms with Crippen LogP contribution < -0.4 is 5.73 Å². The van der Waals surface area contributed by atoms with Gasteiger partial charge >= 0.3 is 0 Å². The predicted molar refractivity (Wildman–Crippen MR) is 42.3 cm³/mol. The van der Waals surface area contributed by atoms with Crippen molar-refractivity contribution < 1.29 is 5.03 Å². The zero-order valence-electron chi connectivity index (χ0n) is 4.64. The van der Waals surface area contributed by atoms with E-state index in [1.807, 2.05) is 0 Å². The standard InChI is InChI=1S/C2H4N4O2S2/c3-1(4)5(2(9)10)6(7)8/h(H3,3,4)(H,9,10). The van der Waals surface area contributed by atoms with E-state index in [4.69, 9.17) is 11.1 Å². The van der Waals surface area contributed by atoms with Crippen molar-refractivity contribution in [3.8, 4) is 0 Å². The van der Waals surface area contributed by atoms with Crippen LogP contribution in [-0.4, -0.2) is 20.3 Å². The molecule has 0 saturated carbocycles. The van der Waals surface area contributed by atoms with Crippen molar-refractivity contribution in [2.24, 2.45) is 5.73 Å². The molecule has 0 aliphatic heterocycles. The maximum absolute atomic E-state index is 9.96. The number of nitrogens with one attached hydrogen (secondary N) is 1. The molecule has 0 radical (unpaired) electrons. The summed E-state index contributed by atoms with van der Waals surface area (Å²) < 4.78 is -0.363. The summed E-state index contributed by atoms with van der Waals surface area (Å²) in [7, 11) is 0. The first-order valence-electron chi connectivity index (χ1n) is 1.98. The summed E-state index contributed by atoms with van der Waals surface area (Å²) in [5, 5.41) is 15.9. The number of nitro groups is 1. The van der Waals surface area contributed by atoms with Crippen molar-refractivity contribution in [1.29, 1.82) is 5.41 Å². The van der Waals surface area contributed by atoms with Gasteiger partial charge in [0, 0.05) is 0 Å². The molecule has 0 spiro atoms. The largest absolute Gasteiger partial charge is 0.365 e. The van der Waals surface area contributed by atoms with E-state index in [1.165, 1.54) is 0 Å². The number of hydrogen-bond donors (Lipinski definition) is 3. The molecular formula is C2H4N4O2S2. The van der Waals surface area contributed by atoms with Crippen LogP contribution in [0.3, 0.4) is 0 Å². The Labute approximate surface area is 67.0 Å². The fourth-order valence-corrected chi connectivity index (χ4v) is 0.607. The lowest BCUT2D eigenvalue weighted by molar-refractivity contribution is -0.602. The molecule has 0 aliphatic rings. The Morgan fingerprint density at radius 3 is 2.30 bits per heavy atom. The SMILES string of the molecule is N=C(N)N(C(=S)S)[N+](=O)[O-]. The summed E-state index contributed by atoms with van der Waals surface area (Å²) in [4.78, 5) is 9.96. The Hall–Kier alpha value is -0.890. The molecule has 0 saturated heterocycles. The maximum Gasteiger partial charge on any atom is 0.259 e. The smallest absolute Gasteiger partial charge is 0.259 e. The minimum Gasteiger partial charge on any atom is -0.365 e. The lowest BCUT2D eigenvalue weighted by atomic mass is 10.9. The number of nitrogens with zero attached hydrogens (tertiary/aromatic N) is 2. The summed E-state index contributed by atoms with van der Waals surface area (Å²) >= 11 is 7.76. The molecule has 0 heterocycles. The lowest BCUT2D eigenvalue weighted by Crippen LogP contribution is -2.42. The van der Waals surface area contributed by atoms with Crippen LogP contribution in [0.25, 0.3) is 0 Å². The van der Waals surface area contributed by atoms with Gasteiger partial charge in [-0.25, -0.2) is 10.1 Å². The highest BCUT2D eigenvalue weighted by Gasteiger charge is 2.20. The molecule has 10 heavy (non-hydrogen) atoms. The van der Waals surface area contributed by atoms with Crippen LogP contribution in [0.15, 0.2) is 0 Å². The van der Waals surface area contributed by atoms with Crippen molar-refractivity contribution in [1.82, 2.24) is 5.01 Å². The van der Waals surface area contributed by atoms with E-state index >= 15 is 0 Å². The highest BCUT2D eigenvalue weighted by atomic mass is 32.1. The Bertz CT molecular complexity index is 158. The van der Waals surface area contributed by atoms with E-state index in [9.17, 15) is 10.1 Å². The van der Waals surface area contributed by atoms with Gasteiger partial charge in [0.1, 0.15) is 0 Å². The van der Waals surface area contributed by atoms with Crippen molar-refractivity contribution in [2.75, 3.05) is 0 Å². The molecule has 0 unspecified atom stereocenters. The quantitative estimate of drug-likeness (QED) is 0.127. The van der Waals surface area contributed by atoms with Gasteiger partial charge in [0.15, 0.2) is 5.03 Å². The van der Waals surface area contributed by atoms with E-state index < -0.39 is 11.0 Å². The number of nitrogens with two attached hydrogens (primary N) is 1. The third-order valence-corrected chi connectivity index (χ3v) is 0.935. The third kappa shape index (κ3) is 2.15. The average molecular weight is 180 g/mol. The van der Waals surface area contributed by atoms with E-state index in [2.05, 4.69) is 24.8 Å². The molecule has 56 valence electrons. The minimum atomic E-state index is -0.919. The maximum atomic E-state index is 9.96. The Morgan fingerprint density at radius 1 is 1.90 bits per heavy atom. The molecule has 0 bridgehead atoms. The van der Waals surface area contributed by atoms with Gasteiger partial charge in [-0.05, 0) is 17.2 Å². The number of rotatable bonds is 1. The molecule has 0 amide bonds. The summed E-state index contributed by atoms with van der Waals surface area (Å²) in [5.74, 6) is -0.759. The van der Waals surface area contributed by atoms with Crippen molar-refractivity contribution in [3.05, 3.63) is 10.1 Å². The Kier molecular flexibility index (Phi) is 3.03. The van der Waals surface area contributed by atoms with Crippen molar-refractivity contribution in [3.63, 3.8) is 0 Å². The second kappa shape index (κ2) is 3.32. The molecule has 0 aromatic rings. The van der Waals surface area contributed by atoms with E-state index in [-0.39, 0.29) is 9.33 Å². The highest BCUT2D eigenvalue weighted by molar-refractivity contribution is 8.11. The second-order valence-electron chi connectivity index (χ2n) is 1.22. The number of hydrogen-bond acceptors (Lipinski definition) is 4. The fourth-order valence-electron chi connectivity index (χ4n) is 0.261. The number of thiol groups is 1. The molecule has 8 heteroatoms. The third-order valence-electron chi connectivity index (χ3n) is 0.573. The van der Waals surface area contributed by atoms with Gasteiger partial charge in [-0.3, -0.25) is 5.41 Å². The van der Waals surface area contributed by atoms with Gasteiger partial charge in [-0.15, -0.1) is 12.6 Å². The zero-order chi connectivity index (χ0) is 8.31. The van der Waals surface area contributed by atoms with Crippen LogP contribution in [0.1, 0.15) is 0 Å². The van der Waals surface area contributed by atoms with Gasteiger partial charge in [0.25, 0.3) is 5.96 Å². The van der Waals surface area contributed by atoms with Gasteiger partial charge in [0.05, 0.1) is 0 Å². The molecule has 0 aromatic carbocycles. The van der Waals surface area contributed by atoms with Crippen molar-refractivity contribution >= 4 is 35.1 Å². The molecular weight excluding hydrogens is 176 g/mol. The molecule has 0 rings (SSSR count). The lowest BCUT2D eigenvalue weighted by Gasteiger charge is -2.06. The second-order valence-corrected chi connectivity index (χ2v) is 2.33. The van der Waals surface area contributed by atoms with Crippen LogP contribution >= 0.6 is 24.8 Å². The summed E-state index contributed by atoms with van der Waals surface area (Å²) in [5.41, 5.74) is 4.77. The monoisotopic (exact) mass is 180 g/mol. The van der Waals surface area contributed by atoms with E-state index in [0.717, 1.165) is 0 Å². The first-order chi connectivity index (χ1) is 4.46. The average Bonchev–Trinajstić information content (AvgIpc) is 1.59. The first-order valence-corrected chi connectivity index (χ1v) is 2.83. The highest BCUT2D eigenvalue weighted by Crippen LogP contribution is 1.94. The van der Waals surface area contributed by atoms with Crippen LogP contribution in [0.5, 0.6) is 0 Å². The van der Waals surface area contributed by atoms with Crippen LogP contribution in [-0.2, 0) is 0 Å². The molecule has 0 aliphatic carbocycles. The Morgan fingerprint density at radius 2 is 2.30 bits per heavy atom. The van der Waals surface area contributed by atoms with Gasteiger partial charge in [-0.1, -0.05) is 0 Å². The summed E-state index contributed by atoms with van der Waals surface area (Å²) in [6.07, 6.45) is 0. The van der Waals surface area contributed by atoms with Gasteiger partial charge in [-0.2, -0.15) is 0 Å². The molecule has 6 nitrogen and oxygen atoms in total. The number of hydrazine groups is 1. The molecule has 3 N–H and O–H groups in total. The fraction of sp³-hybridized carbons (Fsp3) is 0. The normalized spacial score (nSPS) is 8.50. The molecule has 0 fully saturated rings. The summed E-state index contributed by atoms with van der Waals surface area (Å²) in [6, 6.07) is 0. The van der Waals surface area contributed by atoms with Gasteiger partial charge < -0.3 is 5.73 Å². The minimum absolute atomic E-state index is 0.179. The molecule has 0 atom stereocenters. The van der Waals surface area contributed by atoms with Crippen LogP contribution in [0, 0.1) is 15.5 Å². The van der Waals surface area contributed by atoms with Gasteiger partial charge in [0.2, 0.25) is 4.32 Å². The zero-order valence-corrected chi connectivity index (χ0v) is 6.35. The first kappa shape index (κ1) is 9.11. The predicted octanol–water partition coefficient (Wildman–Crippen LogP) is -0.412. The molecule has 0 aromatic heterocycles. The van der Waals surface area contributed by atoms with Crippen LogP contribution in [0.4, 0.5) is 0 Å². The number of thiocarbonyl (C=S) groups is 1. The Balaban J connectivity index is 4.43. The van der Waals surface area contributed by atoms with E-state index in [1.54, 1.807) is 0 Å². The summed E-state index contributed by atoms with van der Waals surface area (Å²) in [6.45, 7) is 0. The van der Waals surface area contributed by atoms with E-state index in [0.29, 0.717) is 0 Å². The van der Waals surface area contributed by atoms with Crippen LogP contribution in [0.2, 0.25) is 0 Å².